The summed E-state index contributed by atoms with van der Waals surface area (Å²) < 4.78 is 2.09. The highest BCUT2D eigenvalue weighted by molar-refractivity contribution is 7.09. The van der Waals surface area contributed by atoms with Crippen LogP contribution in [0.1, 0.15) is 37.9 Å². The second-order valence-corrected chi connectivity index (χ2v) is 7.42. The molecule has 6 nitrogen and oxygen atoms in total. The number of aromatic nitrogens is 3. The quantitative estimate of drug-likeness (QED) is 0.504. The van der Waals surface area contributed by atoms with E-state index in [0.29, 0.717) is 5.92 Å². The van der Waals surface area contributed by atoms with E-state index in [1.165, 1.54) is 4.88 Å². The van der Waals surface area contributed by atoms with Crippen LogP contribution < -0.4 is 10.6 Å². The predicted molar refractivity (Wildman–Crippen MR) is 105 cm³/mol. The van der Waals surface area contributed by atoms with Gasteiger partial charge in [0.05, 0.1) is 0 Å². The van der Waals surface area contributed by atoms with Gasteiger partial charge < -0.3 is 15.2 Å². The van der Waals surface area contributed by atoms with Crippen molar-refractivity contribution < 1.29 is 0 Å². The predicted octanol–water partition coefficient (Wildman–Crippen LogP) is 2.73. The summed E-state index contributed by atoms with van der Waals surface area (Å²) in [6.07, 6.45) is 4.81. The molecule has 0 spiro atoms. The molecule has 0 saturated carbocycles. The molecule has 25 heavy (non-hydrogen) atoms. The van der Waals surface area contributed by atoms with Crippen molar-refractivity contribution in [3.63, 3.8) is 0 Å². The number of nitrogens with zero attached hydrogens (tertiary/aromatic N) is 4. The number of rotatable bonds is 10. The maximum absolute atomic E-state index is 4.70. The molecule has 2 rings (SSSR count). The van der Waals surface area contributed by atoms with E-state index in [1.807, 2.05) is 0 Å². The Labute approximate surface area is 154 Å². The third-order valence-electron chi connectivity index (χ3n) is 3.88. The zero-order chi connectivity index (χ0) is 17.9. The molecule has 0 aliphatic heterocycles. The smallest absolute Gasteiger partial charge is 0.191 e. The van der Waals surface area contributed by atoms with Crippen molar-refractivity contribution in [3.8, 4) is 0 Å². The Morgan fingerprint density at radius 3 is 2.88 bits per heavy atom. The van der Waals surface area contributed by atoms with Crippen LogP contribution in [0.15, 0.2) is 28.8 Å². The first-order chi connectivity index (χ1) is 12.2. The van der Waals surface area contributed by atoms with Crippen LogP contribution in [0.3, 0.4) is 0 Å². The van der Waals surface area contributed by atoms with Crippen LogP contribution in [0.4, 0.5) is 0 Å². The van der Waals surface area contributed by atoms with Crippen molar-refractivity contribution in [1.82, 2.24) is 25.4 Å². The lowest BCUT2D eigenvalue weighted by Crippen LogP contribution is -2.40. The highest BCUT2D eigenvalue weighted by atomic mass is 32.1. The number of hydrogen-bond donors (Lipinski definition) is 2. The molecular weight excluding hydrogens is 332 g/mol. The summed E-state index contributed by atoms with van der Waals surface area (Å²) in [4.78, 5) is 6.10. The topological polar surface area (TPSA) is 67.1 Å². The zero-order valence-corrected chi connectivity index (χ0v) is 16.4. The highest BCUT2D eigenvalue weighted by Gasteiger charge is 2.03. The molecule has 0 aromatic carbocycles. The van der Waals surface area contributed by atoms with E-state index in [2.05, 4.69) is 63.7 Å². The number of thiophene rings is 1. The average molecular weight is 363 g/mol. The van der Waals surface area contributed by atoms with Crippen LogP contribution >= 0.6 is 11.3 Å². The van der Waals surface area contributed by atoms with Gasteiger partial charge in [-0.25, -0.2) is 0 Å². The average Bonchev–Trinajstić information content (AvgIpc) is 3.25. The van der Waals surface area contributed by atoms with Crippen molar-refractivity contribution in [2.24, 2.45) is 10.9 Å². The zero-order valence-electron chi connectivity index (χ0n) is 15.5. The number of guanidine groups is 1. The minimum absolute atomic E-state index is 0.667. The fourth-order valence-electron chi connectivity index (χ4n) is 2.40. The first-order valence-electron chi connectivity index (χ1n) is 9.10. The SMILES string of the molecule is CCc1nncn1CCNC(=NCCC(C)C)NCCc1cccs1. The molecule has 2 N–H and O–H groups in total. The molecule has 0 bridgehead atoms. The van der Waals surface area contributed by atoms with Gasteiger partial charge in [0.1, 0.15) is 12.2 Å². The van der Waals surface area contributed by atoms with E-state index in [-0.39, 0.29) is 0 Å². The molecule has 0 atom stereocenters. The Morgan fingerprint density at radius 2 is 2.16 bits per heavy atom. The molecule has 2 heterocycles. The maximum atomic E-state index is 4.70. The summed E-state index contributed by atoms with van der Waals surface area (Å²) in [5.41, 5.74) is 0. The molecule has 0 amide bonds. The molecule has 7 heteroatoms. The third-order valence-corrected chi connectivity index (χ3v) is 4.81. The molecule has 0 aliphatic rings. The second kappa shape index (κ2) is 10.9. The van der Waals surface area contributed by atoms with Crippen molar-refractivity contribution in [2.75, 3.05) is 19.6 Å². The fraction of sp³-hybridized carbons (Fsp3) is 0.611. The molecule has 0 aliphatic carbocycles. The lowest BCUT2D eigenvalue weighted by molar-refractivity contribution is 0.591. The van der Waals surface area contributed by atoms with E-state index < -0.39 is 0 Å². The van der Waals surface area contributed by atoms with E-state index in [9.17, 15) is 0 Å². The Hall–Kier alpha value is -1.89. The number of hydrogen-bond acceptors (Lipinski definition) is 4. The Kier molecular flexibility index (Phi) is 8.45. The van der Waals surface area contributed by atoms with Gasteiger partial charge in [-0.05, 0) is 30.2 Å². The van der Waals surface area contributed by atoms with E-state index in [4.69, 9.17) is 4.99 Å². The lowest BCUT2D eigenvalue weighted by Gasteiger charge is -2.13. The Bertz CT molecular complexity index is 617. The van der Waals surface area contributed by atoms with Crippen LogP contribution in [-0.2, 0) is 19.4 Å². The van der Waals surface area contributed by atoms with E-state index in [1.54, 1.807) is 17.7 Å². The lowest BCUT2D eigenvalue weighted by atomic mass is 10.1. The van der Waals surface area contributed by atoms with Gasteiger partial charge in [-0.2, -0.15) is 0 Å². The first-order valence-corrected chi connectivity index (χ1v) is 9.98. The van der Waals surface area contributed by atoms with Gasteiger partial charge in [0.15, 0.2) is 5.96 Å². The van der Waals surface area contributed by atoms with Crippen LogP contribution in [0.5, 0.6) is 0 Å². The summed E-state index contributed by atoms with van der Waals surface area (Å²) in [5.74, 6) is 2.58. The van der Waals surface area contributed by atoms with Crippen molar-refractivity contribution in [1.29, 1.82) is 0 Å². The van der Waals surface area contributed by atoms with E-state index in [0.717, 1.165) is 57.2 Å². The molecular formula is C18H30N6S. The number of aryl methyl sites for hydroxylation is 1. The standard InChI is InChI=1S/C18H30N6S/c1-4-17-23-22-14-24(17)12-11-21-18(19-9-7-15(2)3)20-10-8-16-6-5-13-25-16/h5-6,13-15H,4,7-12H2,1-3H3,(H2,19,20,21). The van der Waals surface area contributed by atoms with Gasteiger partial charge in [0.25, 0.3) is 0 Å². The van der Waals surface area contributed by atoms with Crippen molar-refractivity contribution in [2.45, 2.75) is 46.6 Å². The molecule has 2 aromatic heterocycles. The molecule has 0 unspecified atom stereocenters. The van der Waals surface area contributed by atoms with Gasteiger partial charge in [-0.1, -0.05) is 26.8 Å². The molecule has 0 radical (unpaired) electrons. The van der Waals surface area contributed by atoms with Gasteiger partial charge >= 0.3 is 0 Å². The molecule has 0 saturated heterocycles. The first kappa shape index (κ1) is 19.4. The molecule has 138 valence electrons. The summed E-state index contributed by atoms with van der Waals surface area (Å²) in [7, 11) is 0. The van der Waals surface area contributed by atoms with Crippen LogP contribution in [0.2, 0.25) is 0 Å². The van der Waals surface area contributed by atoms with Gasteiger partial charge in [0, 0.05) is 37.5 Å². The van der Waals surface area contributed by atoms with E-state index >= 15 is 0 Å². The summed E-state index contributed by atoms with van der Waals surface area (Å²) in [6.45, 7) is 9.93. The van der Waals surface area contributed by atoms with Crippen LogP contribution in [0.25, 0.3) is 0 Å². The van der Waals surface area contributed by atoms with Crippen LogP contribution in [-0.4, -0.2) is 40.4 Å². The molecule has 0 fully saturated rings. The van der Waals surface area contributed by atoms with Crippen molar-refractivity contribution >= 4 is 17.3 Å². The Balaban J connectivity index is 1.80. The number of aliphatic imine (C=N–C) groups is 1. The van der Waals surface area contributed by atoms with Gasteiger partial charge in [-0.3, -0.25) is 4.99 Å². The minimum Gasteiger partial charge on any atom is -0.356 e. The second-order valence-electron chi connectivity index (χ2n) is 6.39. The fourth-order valence-corrected chi connectivity index (χ4v) is 3.11. The third kappa shape index (κ3) is 7.25. The van der Waals surface area contributed by atoms with Crippen LogP contribution in [0, 0.1) is 5.92 Å². The highest BCUT2D eigenvalue weighted by Crippen LogP contribution is 2.08. The Morgan fingerprint density at radius 1 is 1.32 bits per heavy atom. The summed E-state index contributed by atoms with van der Waals surface area (Å²) in [6, 6.07) is 4.27. The summed E-state index contributed by atoms with van der Waals surface area (Å²) in [5, 5.41) is 17.1. The minimum atomic E-state index is 0.667. The molecule has 2 aromatic rings. The monoisotopic (exact) mass is 362 g/mol. The normalized spacial score (nSPS) is 11.9. The van der Waals surface area contributed by atoms with Gasteiger partial charge in [-0.15, -0.1) is 21.5 Å². The number of nitrogens with one attached hydrogen (secondary N) is 2. The summed E-state index contributed by atoms with van der Waals surface area (Å²) >= 11 is 1.80. The van der Waals surface area contributed by atoms with Gasteiger partial charge in [0.2, 0.25) is 0 Å². The maximum Gasteiger partial charge on any atom is 0.191 e. The largest absolute Gasteiger partial charge is 0.356 e. The van der Waals surface area contributed by atoms with Crippen molar-refractivity contribution in [3.05, 3.63) is 34.5 Å².